The van der Waals surface area contributed by atoms with Crippen molar-refractivity contribution in [1.82, 2.24) is 9.27 Å². The van der Waals surface area contributed by atoms with Crippen LogP contribution in [0.25, 0.3) is 0 Å². The number of hydrogen-bond donors (Lipinski definition) is 2. The predicted octanol–water partition coefficient (Wildman–Crippen LogP) is 1.09. The lowest BCUT2D eigenvalue weighted by molar-refractivity contribution is 0.0572. The molecule has 0 saturated carbocycles. The van der Waals surface area contributed by atoms with Gasteiger partial charge in [0.2, 0.25) is 0 Å². The Labute approximate surface area is 105 Å². The molecule has 1 atom stereocenters. The number of β-amino-alcohol motifs (C(OH)–C–C–N with tert-alkyl or cyclic N) is 1. The molecule has 1 aromatic rings. The Kier molecular flexibility index (Phi) is 3.09. The minimum Gasteiger partial charge on any atom is -0.388 e. The van der Waals surface area contributed by atoms with Crippen LogP contribution in [0.1, 0.15) is 29.4 Å². The number of nitrogens with zero attached hydrogens (tertiary/aromatic N) is 2. The van der Waals surface area contributed by atoms with E-state index in [-0.39, 0.29) is 5.91 Å². The molecular formula is C11H17N3O2S. The van der Waals surface area contributed by atoms with Crippen LogP contribution in [0.3, 0.4) is 0 Å². The van der Waals surface area contributed by atoms with Crippen LogP contribution >= 0.6 is 11.5 Å². The van der Waals surface area contributed by atoms with Crippen LogP contribution < -0.4 is 5.32 Å². The summed E-state index contributed by atoms with van der Waals surface area (Å²) in [6, 6.07) is 0. The molecule has 0 bridgehead atoms. The van der Waals surface area contributed by atoms with Crippen LogP contribution in [0.2, 0.25) is 0 Å². The zero-order valence-corrected chi connectivity index (χ0v) is 11.1. The van der Waals surface area contributed by atoms with E-state index in [2.05, 4.69) is 9.69 Å². The predicted molar refractivity (Wildman–Crippen MR) is 67.5 cm³/mol. The standard InChI is InChI=1S/C11H17N3O2S/c1-7-8(9(12-3)17-13-7)10(15)14-5-4-11(2,16)6-14/h12,16H,4-6H2,1-3H3/t11-/m0/s1. The Morgan fingerprint density at radius 1 is 1.65 bits per heavy atom. The minimum absolute atomic E-state index is 0.0432. The molecule has 1 saturated heterocycles. The van der Waals surface area contributed by atoms with E-state index in [1.807, 2.05) is 6.92 Å². The summed E-state index contributed by atoms with van der Waals surface area (Å²) in [4.78, 5) is 14.0. The number of aryl methyl sites for hydroxylation is 1. The summed E-state index contributed by atoms with van der Waals surface area (Å²) in [7, 11) is 1.78. The van der Waals surface area contributed by atoms with E-state index in [1.54, 1.807) is 18.9 Å². The largest absolute Gasteiger partial charge is 0.388 e. The van der Waals surface area contributed by atoms with Gasteiger partial charge >= 0.3 is 0 Å². The maximum atomic E-state index is 12.3. The number of anilines is 1. The Balaban J connectivity index is 2.23. The van der Waals surface area contributed by atoms with Crippen molar-refractivity contribution < 1.29 is 9.90 Å². The van der Waals surface area contributed by atoms with Crippen LogP contribution in [0.15, 0.2) is 0 Å². The second kappa shape index (κ2) is 4.27. The van der Waals surface area contributed by atoms with Crippen LogP contribution in [-0.2, 0) is 0 Å². The number of hydrogen-bond acceptors (Lipinski definition) is 5. The van der Waals surface area contributed by atoms with Crippen molar-refractivity contribution in [2.24, 2.45) is 0 Å². The first kappa shape index (κ1) is 12.3. The number of aliphatic hydroxyl groups is 1. The van der Waals surface area contributed by atoms with Crippen molar-refractivity contribution >= 4 is 22.4 Å². The molecule has 1 aromatic heterocycles. The molecular weight excluding hydrogens is 238 g/mol. The number of carbonyl (C=O) groups is 1. The first-order valence-electron chi connectivity index (χ1n) is 5.60. The number of likely N-dealkylation sites (tertiary alicyclic amines) is 1. The van der Waals surface area contributed by atoms with Gasteiger partial charge in [0.05, 0.1) is 16.9 Å². The molecule has 1 aliphatic rings. The van der Waals surface area contributed by atoms with Crippen molar-refractivity contribution in [3.8, 4) is 0 Å². The van der Waals surface area contributed by atoms with Gasteiger partial charge in [0.15, 0.2) is 0 Å². The molecule has 1 aliphatic heterocycles. The fraction of sp³-hybridized carbons (Fsp3) is 0.636. The Bertz CT molecular complexity index is 442. The molecule has 2 rings (SSSR count). The van der Waals surface area contributed by atoms with E-state index in [1.165, 1.54) is 11.5 Å². The van der Waals surface area contributed by atoms with Crippen molar-refractivity contribution in [2.75, 3.05) is 25.5 Å². The summed E-state index contributed by atoms with van der Waals surface area (Å²) in [5, 5.41) is 13.7. The maximum absolute atomic E-state index is 12.3. The lowest BCUT2D eigenvalue weighted by atomic mass is 10.1. The molecule has 0 aliphatic carbocycles. The topological polar surface area (TPSA) is 65.5 Å². The van der Waals surface area contributed by atoms with E-state index >= 15 is 0 Å². The van der Waals surface area contributed by atoms with Gasteiger partial charge in [-0.15, -0.1) is 0 Å². The van der Waals surface area contributed by atoms with Crippen LogP contribution in [0.5, 0.6) is 0 Å². The van der Waals surface area contributed by atoms with Gasteiger partial charge in [-0.1, -0.05) is 0 Å². The lowest BCUT2D eigenvalue weighted by Crippen LogP contribution is -2.34. The van der Waals surface area contributed by atoms with Gasteiger partial charge < -0.3 is 15.3 Å². The summed E-state index contributed by atoms with van der Waals surface area (Å²) in [6.45, 7) is 4.59. The molecule has 0 radical (unpaired) electrons. The molecule has 17 heavy (non-hydrogen) atoms. The normalized spacial score (nSPS) is 24.1. The summed E-state index contributed by atoms with van der Waals surface area (Å²) >= 11 is 1.29. The maximum Gasteiger partial charge on any atom is 0.258 e. The number of rotatable bonds is 2. The van der Waals surface area contributed by atoms with Gasteiger partial charge in [-0.05, 0) is 31.8 Å². The van der Waals surface area contributed by atoms with Crippen molar-refractivity contribution in [3.05, 3.63) is 11.3 Å². The zero-order chi connectivity index (χ0) is 12.6. The molecule has 2 N–H and O–H groups in total. The van der Waals surface area contributed by atoms with Crippen molar-refractivity contribution in [3.63, 3.8) is 0 Å². The van der Waals surface area contributed by atoms with Gasteiger partial charge in [0, 0.05) is 20.1 Å². The third-order valence-electron chi connectivity index (χ3n) is 3.04. The van der Waals surface area contributed by atoms with Gasteiger partial charge in [0.1, 0.15) is 5.00 Å². The Morgan fingerprint density at radius 3 is 2.88 bits per heavy atom. The second-order valence-corrected chi connectivity index (χ2v) is 5.47. The smallest absolute Gasteiger partial charge is 0.258 e. The number of carbonyl (C=O) groups excluding carboxylic acids is 1. The van der Waals surface area contributed by atoms with E-state index < -0.39 is 5.60 Å². The molecule has 0 spiro atoms. The fourth-order valence-electron chi connectivity index (χ4n) is 2.07. The highest BCUT2D eigenvalue weighted by Crippen LogP contribution is 2.28. The molecule has 1 amide bonds. The Hall–Kier alpha value is -1.14. The molecule has 94 valence electrons. The highest BCUT2D eigenvalue weighted by Gasteiger charge is 2.35. The first-order chi connectivity index (χ1) is 7.94. The van der Waals surface area contributed by atoms with E-state index in [4.69, 9.17) is 0 Å². The van der Waals surface area contributed by atoms with Crippen LogP contribution in [0, 0.1) is 6.92 Å². The van der Waals surface area contributed by atoms with Crippen LogP contribution in [0.4, 0.5) is 5.00 Å². The van der Waals surface area contributed by atoms with Crippen LogP contribution in [-0.4, -0.2) is 46.0 Å². The third kappa shape index (κ3) is 2.28. The minimum atomic E-state index is -0.757. The average molecular weight is 255 g/mol. The van der Waals surface area contributed by atoms with Gasteiger partial charge in [-0.2, -0.15) is 4.37 Å². The summed E-state index contributed by atoms with van der Waals surface area (Å²) in [5.74, 6) is -0.0432. The summed E-state index contributed by atoms with van der Waals surface area (Å²) < 4.78 is 4.19. The molecule has 6 heteroatoms. The summed E-state index contributed by atoms with van der Waals surface area (Å²) in [6.07, 6.45) is 0.629. The van der Waals surface area contributed by atoms with Gasteiger partial charge in [0.25, 0.3) is 5.91 Å². The molecule has 5 nitrogen and oxygen atoms in total. The molecule has 1 fully saturated rings. The average Bonchev–Trinajstić information content (AvgIpc) is 2.80. The van der Waals surface area contributed by atoms with E-state index in [0.717, 1.165) is 10.7 Å². The van der Waals surface area contributed by atoms with Gasteiger partial charge in [-0.25, -0.2) is 0 Å². The fourth-order valence-corrected chi connectivity index (χ4v) is 2.81. The number of amides is 1. The molecule has 2 heterocycles. The molecule has 0 unspecified atom stereocenters. The molecule has 0 aromatic carbocycles. The quantitative estimate of drug-likeness (QED) is 0.830. The highest BCUT2D eigenvalue weighted by atomic mass is 32.1. The monoisotopic (exact) mass is 255 g/mol. The number of aromatic nitrogens is 1. The second-order valence-electron chi connectivity index (χ2n) is 4.70. The summed E-state index contributed by atoms with van der Waals surface area (Å²) in [5.41, 5.74) is 0.624. The van der Waals surface area contributed by atoms with Crippen molar-refractivity contribution in [1.29, 1.82) is 0 Å². The number of nitrogens with one attached hydrogen (secondary N) is 1. The SMILES string of the molecule is CNc1snc(C)c1C(=O)N1CC[C@](C)(O)C1. The highest BCUT2D eigenvalue weighted by molar-refractivity contribution is 7.10. The van der Waals surface area contributed by atoms with E-state index in [9.17, 15) is 9.90 Å². The first-order valence-corrected chi connectivity index (χ1v) is 6.37. The van der Waals surface area contributed by atoms with Crippen molar-refractivity contribution in [2.45, 2.75) is 25.9 Å². The van der Waals surface area contributed by atoms with E-state index in [0.29, 0.717) is 25.1 Å². The lowest BCUT2D eigenvalue weighted by Gasteiger charge is -2.19. The van der Waals surface area contributed by atoms with Gasteiger partial charge in [-0.3, -0.25) is 4.79 Å². The third-order valence-corrected chi connectivity index (χ3v) is 4.00. The zero-order valence-electron chi connectivity index (χ0n) is 10.3. The Morgan fingerprint density at radius 2 is 2.35 bits per heavy atom.